The van der Waals surface area contributed by atoms with Gasteiger partial charge in [0.15, 0.2) is 5.82 Å². The van der Waals surface area contributed by atoms with Gasteiger partial charge in [0.1, 0.15) is 5.75 Å². The fraction of sp³-hybridized carbons (Fsp3) is 0.375. The summed E-state index contributed by atoms with van der Waals surface area (Å²) in [7, 11) is 0. The number of aromatic hydroxyl groups is 1. The molecule has 2 heterocycles. The molecular formula is C16H15Cl2N3O2. The van der Waals surface area contributed by atoms with Crippen LogP contribution in [0, 0.1) is 5.41 Å². The quantitative estimate of drug-likeness (QED) is 0.869. The molecule has 1 saturated carbocycles. The van der Waals surface area contributed by atoms with Gasteiger partial charge in [-0.3, -0.25) is 0 Å². The highest BCUT2D eigenvalue weighted by Gasteiger charge is 2.52. The van der Waals surface area contributed by atoms with Crippen molar-refractivity contribution in [2.45, 2.75) is 18.9 Å². The summed E-state index contributed by atoms with van der Waals surface area (Å²) >= 11 is 12.0. The smallest absolute Gasteiger partial charge is 0.151 e. The minimum atomic E-state index is -0.138. The molecule has 2 fully saturated rings. The zero-order valence-corrected chi connectivity index (χ0v) is 13.7. The van der Waals surface area contributed by atoms with Crippen LogP contribution in [-0.4, -0.2) is 39.6 Å². The highest BCUT2D eigenvalue weighted by atomic mass is 35.5. The number of aromatic nitrogens is 2. The SMILES string of the molecule is Oc1cc(Cl)cc(Cl)c1-c1ccc(N2CC3(CC(O)C3)C2)nn1. The third kappa shape index (κ3) is 2.53. The van der Waals surface area contributed by atoms with Crippen molar-refractivity contribution < 1.29 is 10.2 Å². The standard InChI is InChI=1S/C16H15Cl2N3O2/c17-9-3-11(18)15(13(23)4-9)12-1-2-14(20-19-12)21-7-16(8-21)5-10(22)6-16/h1-4,10,22-23H,5-8H2. The van der Waals surface area contributed by atoms with E-state index in [4.69, 9.17) is 23.2 Å². The van der Waals surface area contributed by atoms with E-state index in [2.05, 4.69) is 15.1 Å². The molecule has 23 heavy (non-hydrogen) atoms. The lowest BCUT2D eigenvalue weighted by Gasteiger charge is -2.58. The molecule has 1 saturated heterocycles. The average Bonchev–Trinajstić information content (AvgIpc) is 2.41. The Morgan fingerprint density at radius 3 is 2.43 bits per heavy atom. The number of halogens is 2. The van der Waals surface area contributed by atoms with Crippen LogP contribution in [0.3, 0.4) is 0 Å². The molecule has 1 aliphatic heterocycles. The molecule has 7 heteroatoms. The number of rotatable bonds is 2. The Balaban J connectivity index is 1.53. The van der Waals surface area contributed by atoms with Gasteiger partial charge in [0.25, 0.3) is 0 Å². The second kappa shape index (κ2) is 5.23. The third-order valence-corrected chi connectivity index (χ3v) is 5.17. The van der Waals surface area contributed by atoms with Crippen LogP contribution in [0.25, 0.3) is 11.3 Å². The molecule has 2 aromatic rings. The Bertz CT molecular complexity index is 729. The van der Waals surface area contributed by atoms with E-state index in [1.165, 1.54) is 6.07 Å². The van der Waals surface area contributed by atoms with Crippen molar-refractivity contribution in [3.63, 3.8) is 0 Å². The molecule has 4 rings (SSSR count). The first kappa shape index (κ1) is 15.0. The van der Waals surface area contributed by atoms with Gasteiger partial charge in [-0.1, -0.05) is 23.2 Å². The number of phenolic OH excluding ortho intramolecular Hbond substituents is 1. The Labute approximate surface area is 143 Å². The van der Waals surface area contributed by atoms with Crippen LogP contribution in [0.4, 0.5) is 5.82 Å². The van der Waals surface area contributed by atoms with E-state index in [0.717, 1.165) is 31.7 Å². The number of hydrogen-bond donors (Lipinski definition) is 2. The van der Waals surface area contributed by atoms with Crippen LogP contribution in [-0.2, 0) is 0 Å². The van der Waals surface area contributed by atoms with Crippen LogP contribution in [0.2, 0.25) is 10.0 Å². The van der Waals surface area contributed by atoms with E-state index < -0.39 is 0 Å². The maximum Gasteiger partial charge on any atom is 0.151 e. The number of hydrogen-bond acceptors (Lipinski definition) is 5. The van der Waals surface area contributed by atoms with Crippen LogP contribution in [0.5, 0.6) is 5.75 Å². The largest absolute Gasteiger partial charge is 0.507 e. The predicted octanol–water partition coefficient (Wildman–Crippen LogP) is 3.12. The van der Waals surface area contributed by atoms with Gasteiger partial charge < -0.3 is 15.1 Å². The lowest BCUT2D eigenvalue weighted by molar-refractivity contribution is -0.0494. The molecule has 120 valence electrons. The van der Waals surface area contributed by atoms with Gasteiger partial charge in [0, 0.05) is 23.5 Å². The number of anilines is 1. The number of aliphatic hydroxyl groups excluding tert-OH is 1. The van der Waals surface area contributed by atoms with Crippen LogP contribution < -0.4 is 4.90 Å². The van der Waals surface area contributed by atoms with E-state index in [0.29, 0.717) is 21.3 Å². The molecule has 2 N–H and O–H groups in total. The summed E-state index contributed by atoms with van der Waals surface area (Å²) < 4.78 is 0. The van der Waals surface area contributed by atoms with Crippen molar-refractivity contribution in [2.24, 2.45) is 5.41 Å². The zero-order valence-electron chi connectivity index (χ0n) is 12.2. The van der Waals surface area contributed by atoms with E-state index >= 15 is 0 Å². The molecule has 1 spiro atoms. The maximum absolute atomic E-state index is 10.0. The van der Waals surface area contributed by atoms with E-state index in [1.54, 1.807) is 12.1 Å². The first-order valence-electron chi connectivity index (χ1n) is 7.41. The topological polar surface area (TPSA) is 69.5 Å². The summed E-state index contributed by atoms with van der Waals surface area (Å²) in [6.07, 6.45) is 1.62. The van der Waals surface area contributed by atoms with Gasteiger partial charge in [-0.2, -0.15) is 0 Å². The van der Waals surface area contributed by atoms with E-state index in [1.807, 2.05) is 6.07 Å². The highest BCUT2D eigenvalue weighted by molar-refractivity contribution is 6.36. The number of aliphatic hydroxyl groups is 1. The molecule has 1 aliphatic carbocycles. The number of nitrogens with zero attached hydrogens (tertiary/aromatic N) is 3. The van der Waals surface area contributed by atoms with Gasteiger partial charge in [-0.15, -0.1) is 10.2 Å². The van der Waals surface area contributed by atoms with Gasteiger partial charge in [0.2, 0.25) is 0 Å². The first-order chi connectivity index (χ1) is 11.0. The molecule has 2 aliphatic rings. The molecule has 1 aromatic heterocycles. The van der Waals surface area contributed by atoms with Crippen LogP contribution in [0.1, 0.15) is 12.8 Å². The van der Waals surface area contributed by atoms with Crippen LogP contribution >= 0.6 is 23.2 Å². The minimum Gasteiger partial charge on any atom is -0.507 e. The van der Waals surface area contributed by atoms with Crippen molar-refractivity contribution in [2.75, 3.05) is 18.0 Å². The lowest BCUT2D eigenvalue weighted by Crippen LogP contribution is -2.64. The van der Waals surface area contributed by atoms with Gasteiger partial charge in [-0.05, 0) is 37.1 Å². The zero-order chi connectivity index (χ0) is 16.2. The Morgan fingerprint density at radius 2 is 1.87 bits per heavy atom. The summed E-state index contributed by atoms with van der Waals surface area (Å²) in [6.45, 7) is 1.82. The fourth-order valence-electron chi connectivity index (χ4n) is 3.56. The second-order valence-electron chi connectivity index (χ2n) is 6.48. The van der Waals surface area contributed by atoms with Crippen LogP contribution in [0.15, 0.2) is 24.3 Å². The van der Waals surface area contributed by atoms with Gasteiger partial charge >= 0.3 is 0 Å². The van der Waals surface area contributed by atoms with Crippen molar-refractivity contribution >= 4 is 29.0 Å². The van der Waals surface area contributed by atoms with Crippen molar-refractivity contribution in [1.82, 2.24) is 10.2 Å². The summed E-state index contributed by atoms with van der Waals surface area (Å²) in [5, 5.41) is 28.6. The van der Waals surface area contributed by atoms with Crippen molar-refractivity contribution in [3.8, 4) is 17.0 Å². The number of benzene rings is 1. The fourth-order valence-corrected chi connectivity index (χ4v) is 4.14. The highest BCUT2D eigenvalue weighted by Crippen LogP contribution is 2.49. The summed E-state index contributed by atoms with van der Waals surface area (Å²) in [5.41, 5.74) is 1.21. The molecule has 0 radical (unpaired) electrons. The average molecular weight is 352 g/mol. The lowest BCUT2D eigenvalue weighted by atomic mass is 9.62. The van der Waals surface area contributed by atoms with Crippen molar-refractivity contribution in [3.05, 3.63) is 34.3 Å². The molecule has 0 unspecified atom stereocenters. The molecule has 0 amide bonds. The van der Waals surface area contributed by atoms with E-state index in [9.17, 15) is 10.2 Å². The summed E-state index contributed by atoms with van der Waals surface area (Å²) in [6, 6.07) is 6.65. The Kier molecular flexibility index (Phi) is 3.41. The molecule has 0 bridgehead atoms. The van der Waals surface area contributed by atoms with Crippen molar-refractivity contribution in [1.29, 1.82) is 0 Å². The molecular weight excluding hydrogens is 337 g/mol. The van der Waals surface area contributed by atoms with Gasteiger partial charge in [-0.25, -0.2) is 0 Å². The second-order valence-corrected chi connectivity index (χ2v) is 7.32. The summed E-state index contributed by atoms with van der Waals surface area (Å²) in [4.78, 5) is 2.14. The molecule has 5 nitrogen and oxygen atoms in total. The minimum absolute atomic E-state index is 0.0177. The first-order valence-corrected chi connectivity index (χ1v) is 8.17. The monoisotopic (exact) mass is 351 g/mol. The summed E-state index contributed by atoms with van der Waals surface area (Å²) in [5.74, 6) is 0.779. The third-order valence-electron chi connectivity index (χ3n) is 4.65. The molecule has 1 aromatic carbocycles. The van der Waals surface area contributed by atoms with E-state index in [-0.39, 0.29) is 17.3 Å². The van der Waals surface area contributed by atoms with Gasteiger partial charge in [0.05, 0.1) is 22.4 Å². The predicted molar refractivity (Wildman–Crippen MR) is 89.0 cm³/mol. The number of phenols is 1. The Morgan fingerprint density at radius 1 is 1.13 bits per heavy atom. The molecule has 0 atom stereocenters. The maximum atomic E-state index is 10.0. The normalized spacial score (nSPS) is 19.5. The Hall–Kier alpha value is -1.56.